The number of aliphatic imine (C=N–C) groups is 1. The van der Waals surface area contributed by atoms with Crippen LogP contribution in [0.4, 0.5) is 0 Å². The van der Waals surface area contributed by atoms with Crippen LogP contribution in [-0.4, -0.2) is 50.2 Å². The monoisotopic (exact) mass is 482 g/mol. The van der Waals surface area contributed by atoms with Crippen molar-refractivity contribution in [1.82, 2.24) is 4.90 Å². The Balaban J connectivity index is 1.97. The first-order valence-corrected chi connectivity index (χ1v) is 13.2. The van der Waals surface area contributed by atoms with Gasteiger partial charge in [0, 0.05) is 40.7 Å². The van der Waals surface area contributed by atoms with Crippen LogP contribution in [0.15, 0.2) is 65.3 Å². The predicted molar refractivity (Wildman–Crippen MR) is 134 cm³/mol. The van der Waals surface area contributed by atoms with Gasteiger partial charge in [-0.2, -0.15) is 0 Å². The molecule has 0 fully saturated rings. The van der Waals surface area contributed by atoms with Crippen molar-refractivity contribution in [3.05, 3.63) is 87.6 Å². The van der Waals surface area contributed by atoms with E-state index in [1.807, 2.05) is 66.7 Å². The summed E-state index contributed by atoms with van der Waals surface area (Å²) in [7, 11) is -1.31. The highest BCUT2D eigenvalue weighted by molar-refractivity contribution is 7.90. The molecule has 0 saturated heterocycles. The van der Waals surface area contributed by atoms with Gasteiger partial charge in [-0.25, -0.2) is 8.42 Å². The van der Waals surface area contributed by atoms with E-state index in [4.69, 9.17) is 16.6 Å². The van der Waals surface area contributed by atoms with Crippen molar-refractivity contribution in [3.8, 4) is 0 Å². The first-order valence-electron chi connectivity index (χ1n) is 11.0. The average molecular weight is 483 g/mol. The maximum Gasteiger partial charge on any atom is 0.154 e. The molecule has 33 heavy (non-hydrogen) atoms. The highest BCUT2D eigenvalue weighted by atomic mass is 35.5. The largest absolute Gasteiger partial charge is 0.367 e. The van der Waals surface area contributed by atoms with Crippen LogP contribution >= 0.6 is 11.6 Å². The smallest absolute Gasteiger partial charge is 0.154 e. The molecule has 1 unspecified atom stereocenters. The van der Waals surface area contributed by atoms with Crippen LogP contribution in [0.3, 0.4) is 0 Å². The lowest BCUT2D eigenvalue weighted by atomic mass is 9.86. The van der Waals surface area contributed by atoms with Gasteiger partial charge in [0.15, 0.2) is 9.84 Å². The zero-order valence-electron chi connectivity index (χ0n) is 19.0. The molecule has 0 amide bonds. The molecule has 7 heteroatoms. The highest BCUT2D eigenvalue weighted by Crippen LogP contribution is 2.39. The third-order valence-electron chi connectivity index (χ3n) is 6.21. The molecule has 5 nitrogen and oxygen atoms in total. The van der Waals surface area contributed by atoms with E-state index in [1.54, 1.807) is 6.92 Å². The first kappa shape index (κ1) is 23.5. The number of nitrogens with zero attached hydrogens (tertiary/aromatic N) is 2. The van der Waals surface area contributed by atoms with Gasteiger partial charge in [0.05, 0.1) is 17.5 Å². The van der Waals surface area contributed by atoms with E-state index in [-0.39, 0.29) is 23.6 Å². The van der Waals surface area contributed by atoms with Gasteiger partial charge in [-0.15, -0.1) is 0 Å². The van der Waals surface area contributed by atoms with Crippen LogP contribution in [-0.2, 0) is 20.4 Å². The van der Waals surface area contributed by atoms with Crippen LogP contribution in [0.25, 0.3) is 5.57 Å². The van der Waals surface area contributed by atoms with Crippen LogP contribution in [0, 0.1) is 0 Å². The van der Waals surface area contributed by atoms with Crippen molar-refractivity contribution in [3.63, 3.8) is 0 Å². The summed E-state index contributed by atoms with van der Waals surface area (Å²) in [6.45, 7) is 3.74. The summed E-state index contributed by atoms with van der Waals surface area (Å²) in [6, 6.07) is 12.9. The molecule has 2 aliphatic heterocycles. The van der Waals surface area contributed by atoms with E-state index in [2.05, 4.69) is 6.92 Å². The van der Waals surface area contributed by atoms with Crippen molar-refractivity contribution in [2.45, 2.75) is 38.1 Å². The van der Waals surface area contributed by atoms with E-state index in [9.17, 15) is 13.2 Å². The van der Waals surface area contributed by atoms with Gasteiger partial charge in [0.25, 0.3) is 0 Å². The Kier molecular flexibility index (Phi) is 6.59. The molecule has 2 heterocycles. The summed E-state index contributed by atoms with van der Waals surface area (Å²) in [5.41, 5.74) is 6.33. The average Bonchev–Trinajstić information content (AvgIpc) is 2.93. The van der Waals surface area contributed by atoms with Crippen LogP contribution < -0.4 is 0 Å². The van der Waals surface area contributed by atoms with Gasteiger partial charge in [-0.05, 0) is 47.4 Å². The minimum atomic E-state index is -3.18. The third kappa shape index (κ3) is 4.68. The second-order valence-electron chi connectivity index (χ2n) is 8.42. The molecular formula is C26H27ClN2O3S. The van der Waals surface area contributed by atoms with Gasteiger partial charge in [0.2, 0.25) is 0 Å². The quantitative estimate of drug-likeness (QED) is 0.560. The molecular weight excluding hydrogens is 456 g/mol. The van der Waals surface area contributed by atoms with Crippen molar-refractivity contribution >= 4 is 39.0 Å². The molecule has 0 spiro atoms. The minimum absolute atomic E-state index is 0.0134. The molecule has 0 bridgehead atoms. The summed E-state index contributed by atoms with van der Waals surface area (Å²) in [6.07, 6.45) is 5.64. The highest BCUT2D eigenvalue weighted by Gasteiger charge is 2.31. The molecule has 0 radical (unpaired) electrons. The number of carbonyl (C=O) groups excluding carboxylic acids is 1. The SMILES string of the molecule is CC[C@@H]1N=C(c2ccc(Cl)cc2)c2ccc(CS(=O)(=O)CC)cc2C2=CN(C)C(C=O)C=C21. The molecule has 2 aliphatic rings. The fourth-order valence-corrected chi connectivity index (χ4v) is 5.33. The lowest BCUT2D eigenvalue weighted by Gasteiger charge is -2.30. The Morgan fingerprint density at radius 3 is 2.45 bits per heavy atom. The Morgan fingerprint density at radius 2 is 1.82 bits per heavy atom. The second-order valence-corrected chi connectivity index (χ2v) is 11.2. The van der Waals surface area contributed by atoms with Gasteiger partial charge in [-0.3, -0.25) is 4.99 Å². The number of fused-ring (bicyclic) bond motifs is 3. The summed E-state index contributed by atoms with van der Waals surface area (Å²) in [5, 5.41) is 0.648. The van der Waals surface area contributed by atoms with Gasteiger partial charge in [-0.1, -0.05) is 49.7 Å². The molecule has 2 aromatic rings. The number of carbonyl (C=O) groups is 1. The van der Waals surface area contributed by atoms with E-state index in [1.165, 1.54) is 0 Å². The van der Waals surface area contributed by atoms with Gasteiger partial charge >= 0.3 is 0 Å². The lowest BCUT2D eigenvalue weighted by molar-refractivity contribution is -0.110. The predicted octanol–water partition coefficient (Wildman–Crippen LogP) is 4.68. The normalized spacial score (nSPS) is 20.1. The van der Waals surface area contributed by atoms with Gasteiger partial charge < -0.3 is 9.69 Å². The summed E-state index contributed by atoms with van der Waals surface area (Å²) < 4.78 is 24.7. The van der Waals surface area contributed by atoms with Crippen molar-refractivity contribution in [2.24, 2.45) is 4.99 Å². The van der Waals surface area contributed by atoms with Crippen LogP contribution in [0.1, 0.15) is 42.5 Å². The third-order valence-corrected chi connectivity index (χ3v) is 8.11. The number of hydrogen-bond acceptors (Lipinski definition) is 5. The summed E-state index contributed by atoms with van der Waals surface area (Å²) in [4.78, 5) is 18.7. The fraction of sp³-hybridized carbons (Fsp3) is 0.308. The van der Waals surface area contributed by atoms with Crippen molar-refractivity contribution < 1.29 is 13.2 Å². The molecule has 172 valence electrons. The minimum Gasteiger partial charge on any atom is -0.367 e. The van der Waals surface area contributed by atoms with E-state index >= 15 is 0 Å². The standard InChI is InChI=1S/C26H27ClN2O3S/c1-4-25-23-13-20(15-30)29(3)14-24(23)22-12-17(16-33(31,32)5-2)6-11-21(22)26(28-25)18-7-9-19(27)10-8-18/h6-15,20,25H,4-5,16H2,1-3H3/t20?,25-/m0/s1. The number of halogens is 1. The Bertz CT molecular complexity index is 1280. The number of benzene rings is 2. The second kappa shape index (κ2) is 9.27. The summed E-state index contributed by atoms with van der Waals surface area (Å²) >= 11 is 6.13. The molecule has 0 N–H and O–H groups in total. The van der Waals surface area contributed by atoms with Crippen LogP contribution in [0.2, 0.25) is 5.02 Å². The summed E-state index contributed by atoms with van der Waals surface area (Å²) in [5.74, 6) is 0.0810. The van der Waals surface area contributed by atoms with E-state index < -0.39 is 9.84 Å². The molecule has 0 saturated carbocycles. The number of aldehydes is 1. The molecule has 0 aliphatic carbocycles. The molecule has 2 atom stereocenters. The van der Waals surface area contributed by atoms with E-state index in [0.29, 0.717) is 5.02 Å². The van der Waals surface area contributed by atoms with E-state index in [0.717, 1.165) is 51.8 Å². The Labute approximate surface area is 200 Å². The molecule has 2 aromatic carbocycles. The van der Waals surface area contributed by atoms with Crippen molar-refractivity contribution in [2.75, 3.05) is 12.8 Å². The van der Waals surface area contributed by atoms with Crippen molar-refractivity contribution in [1.29, 1.82) is 0 Å². The maximum atomic E-state index is 12.3. The number of sulfone groups is 1. The topological polar surface area (TPSA) is 66.8 Å². The zero-order chi connectivity index (χ0) is 23.8. The fourth-order valence-electron chi connectivity index (χ4n) is 4.32. The lowest BCUT2D eigenvalue weighted by Crippen LogP contribution is -2.31. The molecule has 0 aromatic heterocycles. The Morgan fingerprint density at radius 1 is 1.09 bits per heavy atom. The number of likely N-dealkylation sites (N-methyl/N-ethyl adjacent to an activating group) is 1. The number of hydrogen-bond donors (Lipinski definition) is 0. The Hall–Kier alpha value is -2.70. The zero-order valence-corrected chi connectivity index (χ0v) is 20.5. The number of rotatable bonds is 6. The first-order chi connectivity index (χ1) is 15.8. The van der Waals surface area contributed by atoms with Crippen LogP contribution in [0.5, 0.6) is 0 Å². The van der Waals surface area contributed by atoms with Gasteiger partial charge in [0.1, 0.15) is 12.3 Å². The molecule has 4 rings (SSSR count). The maximum absolute atomic E-state index is 12.3.